The summed E-state index contributed by atoms with van der Waals surface area (Å²) in [5, 5.41) is 3.53. The number of hydrogen-bond donors (Lipinski definition) is 1. The Labute approximate surface area is 65.2 Å². The van der Waals surface area contributed by atoms with Crippen molar-refractivity contribution in [2.45, 2.75) is 59.0 Å². The summed E-state index contributed by atoms with van der Waals surface area (Å²) in [5.41, 5.74) is 0. The molecule has 10 heavy (non-hydrogen) atoms. The van der Waals surface area contributed by atoms with E-state index < -0.39 is 0 Å². The predicted molar refractivity (Wildman–Crippen MR) is 47.3 cm³/mol. The summed E-state index contributed by atoms with van der Waals surface area (Å²) < 4.78 is 0. The number of rotatable bonds is 5. The maximum atomic E-state index is 3.53. The van der Waals surface area contributed by atoms with E-state index in [1.165, 1.54) is 19.3 Å². The average Bonchev–Trinajstić information content (AvgIpc) is 1.88. The van der Waals surface area contributed by atoms with Crippen LogP contribution in [0.25, 0.3) is 0 Å². The summed E-state index contributed by atoms with van der Waals surface area (Å²) >= 11 is 0. The second-order valence-electron chi connectivity index (χ2n) is 3.17. The summed E-state index contributed by atoms with van der Waals surface area (Å²) in [6.45, 7) is 8.95. The Morgan fingerprint density at radius 2 is 1.70 bits per heavy atom. The van der Waals surface area contributed by atoms with Gasteiger partial charge < -0.3 is 5.32 Å². The van der Waals surface area contributed by atoms with E-state index in [0.29, 0.717) is 12.1 Å². The lowest BCUT2D eigenvalue weighted by atomic mass is 10.1. The third-order valence-corrected chi connectivity index (χ3v) is 1.90. The third kappa shape index (κ3) is 4.80. The van der Waals surface area contributed by atoms with Crippen molar-refractivity contribution in [3.8, 4) is 0 Å². The zero-order valence-corrected chi connectivity index (χ0v) is 7.78. The first-order valence-corrected chi connectivity index (χ1v) is 4.46. The van der Waals surface area contributed by atoms with E-state index in [1.54, 1.807) is 0 Å². The highest BCUT2D eigenvalue weighted by atomic mass is 14.9. The summed E-state index contributed by atoms with van der Waals surface area (Å²) in [6.07, 6.45) is 3.81. The summed E-state index contributed by atoms with van der Waals surface area (Å²) in [4.78, 5) is 0. The van der Waals surface area contributed by atoms with Crippen LogP contribution in [0.2, 0.25) is 0 Å². The van der Waals surface area contributed by atoms with Crippen LogP contribution in [0, 0.1) is 0 Å². The fraction of sp³-hybridized carbons (Fsp3) is 1.00. The minimum Gasteiger partial charge on any atom is -0.312 e. The molecule has 0 aromatic rings. The van der Waals surface area contributed by atoms with Crippen LogP contribution in [0.1, 0.15) is 47.0 Å². The molecule has 0 amide bonds. The van der Waals surface area contributed by atoms with Gasteiger partial charge in [0.2, 0.25) is 0 Å². The number of nitrogens with one attached hydrogen (secondary N) is 1. The van der Waals surface area contributed by atoms with Crippen LogP contribution in [-0.4, -0.2) is 12.1 Å². The molecular formula is C9H21N. The lowest BCUT2D eigenvalue weighted by molar-refractivity contribution is 0.435. The van der Waals surface area contributed by atoms with E-state index in [2.05, 4.69) is 33.0 Å². The maximum Gasteiger partial charge on any atom is 0.00410 e. The third-order valence-electron chi connectivity index (χ3n) is 1.90. The fourth-order valence-corrected chi connectivity index (χ4v) is 1.12. The minimum absolute atomic E-state index is 0.682. The lowest BCUT2D eigenvalue weighted by Crippen LogP contribution is -2.33. The van der Waals surface area contributed by atoms with E-state index in [1.807, 2.05) is 0 Å². The molecule has 0 saturated heterocycles. The zero-order chi connectivity index (χ0) is 7.98. The summed E-state index contributed by atoms with van der Waals surface area (Å²) in [7, 11) is 0. The maximum absolute atomic E-state index is 3.53. The van der Waals surface area contributed by atoms with Gasteiger partial charge in [-0.1, -0.05) is 20.3 Å². The molecular weight excluding hydrogens is 122 g/mol. The Kier molecular flexibility index (Phi) is 5.70. The molecule has 0 rings (SSSR count). The molecule has 0 bridgehead atoms. The second-order valence-corrected chi connectivity index (χ2v) is 3.17. The highest BCUT2D eigenvalue weighted by Crippen LogP contribution is 1.98. The smallest absolute Gasteiger partial charge is 0.00410 e. The highest BCUT2D eigenvalue weighted by molar-refractivity contribution is 4.64. The van der Waals surface area contributed by atoms with Crippen LogP contribution >= 0.6 is 0 Å². The molecule has 0 aliphatic heterocycles. The first-order valence-electron chi connectivity index (χ1n) is 4.46. The van der Waals surface area contributed by atoms with Gasteiger partial charge in [-0.15, -0.1) is 0 Å². The van der Waals surface area contributed by atoms with Gasteiger partial charge in [0, 0.05) is 12.1 Å². The largest absolute Gasteiger partial charge is 0.312 e. The molecule has 2 atom stereocenters. The Morgan fingerprint density at radius 1 is 1.10 bits per heavy atom. The van der Waals surface area contributed by atoms with Crippen molar-refractivity contribution in [1.82, 2.24) is 5.32 Å². The van der Waals surface area contributed by atoms with Crippen LogP contribution in [0.15, 0.2) is 0 Å². The molecule has 0 aliphatic carbocycles. The van der Waals surface area contributed by atoms with Gasteiger partial charge in [0.15, 0.2) is 0 Å². The van der Waals surface area contributed by atoms with Crippen molar-refractivity contribution in [3.05, 3.63) is 0 Å². The molecule has 1 heteroatoms. The quantitative estimate of drug-likeness (QED) is 0.623. The second kappa shape index (κ2) is 5.72. The zero-order valence-electron chi connectivity index (χ0n) is 7.78. The normalized spacial score (nSPS) is 16.8. The molecule has 0 fully saturated rings. The SMILES string of the molecule is CCCC(C)NC(C)CC. The Morgan fingerprint density at radius 3 is 2.10 bits per heavy atom. The Hall–Kier alpha value is -0.0400. The van der Waals surface area contributed by atoms with Crippen molar-refractivity contribution in [1.29, 1.82) is 0 Å². The molecule has 0 spiro atoms. The van der Waals surface area contributed by atoms with Gasteiger partial charge in [0.25, 0.3) is 0 Å². The van der Waals surface area contributed by atoms with Crippen molar-refractivity contribution in [2.24, 2.45) is 0 Å². The van der Waals surface area contributed by atoms with Crippen molar-refractivity contribution < 1.29 is 0 Å². The van der Waals surface area contributed by atoms with E-state index in [-0.39, 0.29) is 0 Å². The molecule has 0 saturated carbocycles. The van der Waals surface area contributed by atoms with Crippen molar-refractivity contribution in [2.75, 3.05) is 0 Å². The molecule has 1 nitrogen and oxygen atoms in total. The molecule has 0 radical (unpaired) electrons. The van der Waals surface area contributed by atoms with Crippen molar-refractivity contribution in [3.63, 3.8) is 0 Å². The van der Waals surface area contributed by atoms with Crippen LogP contribution in [0.3, 0.4) is 0 Å². The Balaban J connectivity index is 3.27. The highest BCUT2D eigenvalue weighted by Gasteiger charge is 2.02. The summed E-state index contributed by atoms with van der Waals surface area (Å²) in [6, 6.07) is 1.38. The van der Waals surface area contributed by atoms with Gasteiger partial charge in [-0.3, -0.25) is 0 Å². The number of hydrogen-bond acceptors (Lipinski definition) is 1. The molecule has 0 heterocycles. The minimum atomic E-state index is 0.682. The monoisotopic (exact) mass is 143 g/mol. The van der Waals surface area contributed by atoms with Gasteiger partial charge in [-0.2, -0.15) is 0 Å². The van der Waals surface area contributed by atoms with E-state index >= 15 is 0 Å². The lowest BCUT2D eigenvalue weighted by Gasteiger charge is -2.17. The first kappa shape index (κ1) is 9.96. The van der Waals surface area contributed by atoms with Crippen molar-refractivity contribution >= 4 is 0 Å². The van der Waals surface area contributed by atoms with Gasteiger partial charge in [-0.25, -0.2) is 0 Å². The van der Waals surface area contributed by atoms with E-state index in [4.69, 9.17) is 0 Å². The van der Waals surface area contributed by atoms with E-state index in [9.17, 15) is 0 Å². The van der Waals surface area contributed by atoms with Gasteiger partial charge >= 0.3 is 0 Å². The Bertz CT molecular complexity index is 71.1. The molecule has 0 aromatic heterocycles. The van der Waals surface area contributed by atoms with Crippen LogP contribution in [-0.2, 0) is 0 Å². The molecule has 62 valence electrons. The average molecular weight is 143 g/mol. The molecule has 0 aliphatic rings. The van der Waals surface area contributed by atoms with Gasteiger partial charge in [0.05, 0.1) is 0 Å². The summed E-state index contributed by atoms with van der Waals surface area (Å²) in [5.74, 6) is 0. The van der Waals surface area contributed by atoms with Gasteiger partial charge in [0.1, 0.15) is 0 Å². The topological polar surface area (TPSA) is 12.0 Å². The molecule has 1 N–H and O–H groups in total. The molecule has 0 aromatic carbocycles. The van der Waals surface area contributed by atoms with Crippen LogP contribution in [0.4, 0.5) is 0 Å². The van der Waals surface area contributed by atoms with Crippen LogP contribution in [0.5, 0.6) is 0 Å². The van der Waals surface area contributed by atoms with Gasteiger partial charge in [-0.05, 0) is 26.7 Å². The predicted octanol–water partition coefficient (Wildman–Crippen LogP) is 2.56. The first-order chi connectivity index (χ1) is 4.70. The van der Waals surface area contributed by atoms with Crippen LogP contribution < -0.4 is 5.32 Å². The standard InChI is InChI=1S/C9H21N/c1-5-7-9(4)10-8(3)6-2/h8-10H,5-7H2,1-4H3. The van der Waals surface area contributed by atoms with E-state index in [0.717, 1.165) is 0 Å². The molecule has 2 unspecified atom stereocenters. The fourth-order valence-electron chi connectivity index (χ4n) is 1.12.